The molecule has 0 radical (unpaired) electrons. The zero-order valence-electron chi connectivity index (χ0n) is 14.8. The minimum Gasteiger partial charge on any atom is -0.507 e. The van der Waals surface area contributed by atoms with Crippen molar-refractivity contribution in [2.45, 2.75) is 17.9 Å². The van der Waals surface area contributed by atoms with Gasteiger partial charge in [0, 0.05) is 4.90 Å². The molecule has 0 saturated heterocycles. The van der Waals surface area contributed by atoms with Gasteiger partial charge in [0.15, 0.2) is 17.7 Å². The highest BCUT2D eigenvalue weighted by Gasteiger charge is 2.22. The number of aromatic amines is 1. The molecule has 0 amide bonds. The third kappa shape index (κ3) is 3.81. The summed E-state index contributed by atoms with van der Waals surface area (Å²) in [5, 5.41) is 20.0. The van der Waals surface area contributed by atoms with Gasteiger partial charge in [0.1, 0.15) is 11.6 Å². The highest BCUT2D eigenvalue weighted by atomic mass is 32.2. The lowest BCUT2D eigenvalue weighted by molar-refractivity contribution is 0.0330. The van der Waals surface area contributed by atoms with Crippen LogP contribution in [-0.4, -0.2) is 33.4 Å². The molecule has 1 atom stereocenters. The topological polar surface area (TPSA) is 99.0 Å². The van der Waals surface area contributed by atoms with Crippen LogP contribution in [0.2, 0.25) is 0 Å². The Bertz CT molecular complexity index is 1030. The van der Waals surface area contributed by atoms with Gasteiger partial charge in [-0.05, 0) is 37.4 Å². The number of aromatic nitrogens is 2. The fraction of sp³-hybridized carbons (Fsp3) is 0.150. The van der Waals surface area contributed by atoms with Crippen molar-refractivity contribution in [3.05, 3.63) is 65.7 Å². The smallest absolute Gasteiger partial charge is 0.339 e. The molecule has 2 N–H and O–H groups in total. The number of nitrogens with one attached hydrogen (secondary N) is 1. The van der Waals surface area contributed by atoms with E-state index in [0.29, 0.717) is 11.1 Å². The first kappa shape index (κ1) is 18.5. The van der Waals surface area contributed by atoms with E-state index in [2.05, 4.69) is 9.97 Å². The first-order valence-corrected chi connectivity index (χ1v) is 9.40. The Hall–Kier alpha value is -3.24. The van der Waals surface area contributed by atoms with Crippen LogP contribution in [0.3, 0.4) is 0 Å². The highest BCUT2D eigenvalue weighted by molar-refractivity contribution is 7.98. The summed E-state index contributed by atoms with van der Waals surface area (Å²) in [6, 6.07) is 16.3. The zero-order valence-corrected chi connectivity index (χ0v) is 15.6. The number of thioether (sulfide) groups is 1. The van der Waals surface area contributed by atoms with Crippen LogP contribution in [0.25, 0.3) is 16.6 Å². The number of hydrogen-bond acceptors (Lipinski definition) is 6. The van der Waals surface area contributed by atoms with Gasteiger partial charge in [0.25, 0.3) is 0 Å². The Morgan fingerprint density at radius 1 is 1.26 bits per heavy atom. The Morgan fingerprint density at radius 3 is 2.67 bits per heavy atom. The molecule has 0 spiro atoms. The molecule has 7 heteroatoms. The number of benzene rings is 2. The Labute approximate surface area is 160 Å². The maximum absolute atomic E-state index is 12.5. The van der Waals surface area contributed by atoms with Gasteiger partial charge in [0.05, 0.1) is 16.6 Å². The number of nitrogens with zero attached hydrogens (tertiary/aromatic N) is 2. The molecule has 0 aliphatic rings. The normalized spacial score (nSPS) is 12.9. The van der Waals surface area contributed by atoms with Gasteiger partial charge >= 0.3 is 5.97 Å². The number of H-pyrrole nitrogens is 1. The lowest BCUT2D eigenvalue weighted by Crippen LogP contribution is -2.19. The minimum atomic E-state index is -1.00. The van der Waals surface area contributed by atoms with Crippen LogP contribution in [0, 0.1) is 11.3 Å². The van der Waals surface area contributed by atoms with E-state index in [1.54, 1.807) is 18.2 Å². The average molecular weight is 379 g/mol. The van der Waals surface area contributed by atoms with Crippen LogP contribution in [0.1, 0.15) is 23.1 Å². The summed E-state index contributed by atoms with van der Waals surface area (Å²) in [6.45, 7) is 1.51. The number of imidazole rings is 1. The van der Waals surface area contributed by atoms with Crippen LogP contribution < -0.4 is 0 Å². The number of ether oxygens (including phenoxy) is 1. The van der Waals surface area contributed by atoms with Crippen molar-refractivity contribution in [3.63, 3.8) is 0 Å². The fourth-order valence-electron chi connectivity index (χ4n) is 2.60. The van der Waals surface area contributed by atoms with E-state index in [9.17, 15) is 15.2 Å². The van der Waals surface area contributed by atoms with Gasteiger partial charge in [-0.15, -0.1) is 11.8 Å². The minimum absolute atomic E-state index is 0.0651. The van der Waals surface area contributed by atoms with Crippen LogP contribution in [0.5, 0.6) is 0 Å². The number of carbonyl (C=O) groups excluding carboxylic acids is 1. The maximum atomic E-state index is 12.5. The summed E-state index contributed by atoms with van der Waals surface area (Å²) < 4.78 is 5.37. The molecule has 0 aliphatic heterocycles. The van der Waals surface area contributed by atoms with Gasteiger partial charge in [-0.25, -0.2) is 9.78 Å². The standard InChI is InChI=1S/C20H17N3O3S/c1-12(26-20(25)13-7-3-6-10-17(13)27-2)18(24)14(11-21)19-22-15-8-4-5-9-16(15)23-19/h3-10,12,24H,1-2H3,(H,22,23)/b18-14-/t12-/m1/s1. The number of aliphatic hydroxyl groups is 1. The van der Waals surface area contributed by atoms with E-state index >= 15 is 0 Å². The van der Waals surface area contributed by atoms with E-state index in [1.807, 2.05) is 42.7 Å². The van der Waals surface area contributed by atoms with Crippen molar-refractivity contribution >= 4 is 34.3 Å². The quantitative estimate of drug-likeness (QED) is 0.296. The van der Waals surface area contributed by atoms with E-state index in [0.717, 1.165) is 10.4 Å². The van der Waals surface area contributed by atoms with Crippen molar-refractivity contribution in [1.29, 1.82) is 5.26 Å². The molecule has 3 aromatic rings. The maximum Gasteiger partial charge on any atom is 0.339 e. The molecule has 6 nitrogen and oxygen atoms in total. The monoisotopic (exact) mass is 379 g/mol. The molecule has 0 bridgehead atoms. The Kier molecular flexibility index (Phi) is 5.48. The second kappa shape index (κ2) is 7.98. The second-order valence-corrected chi connectivity index (χ2v) is 6.57. The molecule has 1 heterocycles. The lowest BCUT2D eigenvalue weighted by Gasteiger charge is -2.14. The predicted molar refractivity (Wildman–Crippen MR) is 104 cm³/mol. The van der Waals surface area contributed by atoms with Crippen LogP contribution >= 0.6 is 11.8 Å². The number of aliphatic hydroxyl groups excluding tert-OH is 1. The summed E-state index contributed by atoms with van der Waals surface area (Å²) in [4.78, 5) is 20.5. The summed E-state index contributed by atoms with van der Waals surface area (Å²) in [5.74, 6) is -0.698. The number of nitriles is 1. The molecule has 0 unspecified atom stereocenters. The van der Waals surface area contributed by atoms with E-state index in [1.165, 1.54) is 18.7 Å². The first-order valence-electron chi connectivity index (χ1n) is 8.17. The largest absolute Gasteiger partial charge is 0.507 e. The molecule has 0 saturated carbocycles. The molecule has 1 aromatic heterocycles. The number of rotatable bonds is 5. The van der Waals surface area contributed by atoms with Gasteiger partial charge in [-0.1, -0.05) is 24.3 Å². The van der Waals surface area contributed by atoms with Crippen LogP contribution in [0.15, 0.2) is 59.2 Å². The van der Waals surface area contributed by atoms with E-state index < -0.39 is 12.1 Å². The molecular formula is C20H17N3O3S. The summed E-state index contributed by atoms with van der Waals surface area (Å²) in [7, 11) is 0. The number of hydrogen-bond donors (Lipinski definition) is 2. The number of allylic oxidation sites excluding steroid dienone is 1. The van der Waals surface area contributed by atoms with Crippen molar-refractivity contribution < 1.29 is 14.6 Å². The summed E-state index contributed by atoms with van der Waals surface area (Å²) in [6.07, 6.45) is 0.859. The van der Waals surface area contributed by atoms with Crippen LogP contribution in [0.4, 0.5) is 0 Å². The molecule has 3 rings (SSSR count). The van der Waals surface area contributed by atoms with E-state index in [-0.39, 0.29) is 17.2 Å². The summed E-state index contributed by atoms with van der Waals surface area (Å²) in [5.41, 5.74) is 1.76. The highest BCUT2D eigenvalue weighted by Crippen LogP contribution is 2.24. The number of esters is 1. The number of fused-ring (bicyclic) bond motifs is 1. The lowest BCUT2D eigenvalue weighted by atomic mass is 10.1. The van der Waals surface area contributed by atoms with Gasteiger partial charge in [-0.3, -0.25) is 0 Å². The predicted octanol–water partition coefficient (Wildman–Crippen LogP) is 4.32. The van der Waals surface area contributed by atoms with Gasteiger partial charge in [-0.2, -0.15) is 5.26 Å². The van der Waals surface area contributed by atoms with Gasteiger partial charge < -0.3 is 14.8 Å². The molecular weight excluding hydrogens is 362 g/mol. The molecule has 0 fully saturated rings. The third-order valence-electron chi connectivity index (χ3n) is 3.99. The number of carbonyl (C=O) groups is 1. The average Bonchev–Trinajstić information content (AvgIpc) is 3.11. The molecule has 136 valence electrons. The summed E-state index contributed by atoms with van der Waals surface area (Å²) >= 11 is 1.43. The van der Waals surface area contributed by atoms with Crippen molar-refractivity contribution in [2.24, 2.45) is 0 Å². The zero-order chi connectivity index (χ0) is 19.4. The molecule has 0 aliphatic carbocycles. The SMILES string of the molecule is CSc1ccccc1C(=O)O[C@H](C)/C(O)=C(\C#N)c1nc2ccccc2[nH]1. The van der Waals surface area contributed by atoms with Crippen molar-refractivity contribution in [3.8, 4) is 6.07 Å². The first-order chi connectivity index (χ1) is 13.0. The van der Waals surface area contributed by atoms with Gasteiger partial charge in [0.2, 0.25) is 0 Å². The fourth-order valence-corrected chi connectivity index (χ4v) is 3.19. The molecule has 2 aromatic carbocycles. The third-order valence-corrected chi connectivity index (χ3v) is 4.79. The Morgan fingerprint density at radius 2 is 1.96 bits per heavy atom. The second-order valence-electron chi connectivity index (χ2n) is 5.72. The van der Waals surface area contributed by atoms with Crippen molar-refractivity contribution in [2.75, 3.05) is 6.26 Å². The number of para-hydroxylation sites is 2. The molecule has 27 heavy (non-hydrogen) atoms. The van der Waals surface area contributed by atoms with Crippen molar-refractivity contribution in [1.82, 2.24) is 9.97 Å². The van der Waals surface area contributed by atoms with E-state index in [4.69, 9.17) is 4.74 Å². The van der Waals surface area contributed by atoms with Crippen LogP contribution in [-0.2, 0) is 4.74 Å². The Balaban J connectivity index is 1.88.